The van der Waals surface area contributed by atoms with E-state index in [2.05, 4.69) is 16.3 Å². The predicted molar refractivity (Wildman–Crippen MR) is 121 cm³/mol. The number of amides is 1. The van der Waals surface area contributed by atoms with Crippen LogP contribution < -0.4 is 16.3 Å². The molecule has 33 heavy (non-hydrogen) atoms. The molecule has 9 nitrogen and oxygen atoms in total. The van der Waals surface area contributed by atoms with E-state index >= 15 is 0 Å². The minimum atomic E-state index is -1.05. The number of carbonyl (C=O) groups excluding carboxylic acids is 1. The molecule has 2 saturated carbocycles. The monoisotopic (exact) mass is 538 g/mol. The van der Waals surface area contributed by atoms with Crippen LogP contribution in [-0.2, 0) is 9.53 Å². The molecule has 11 heteroatoms. The van der Waals surface area contributed by atoms with E-state index in [4.69, 9.17) is 4.74 Å². The van der Waals surface area contributed by atoms with Gasteiger partial charge in [0.1, 0.15) is 0 Å². The topological polar surface area (TPSA) is 126 Å². The van der Waals surface area contributed by atoms with Crippen LogP contribution in [0.4, 0.5) is 4.39 Å². The summed E-state index contributed by atoms with van der Waals surface area (Å²) in [5.74, 6) is 0.187. The van der Waals surface area contributed by atoms with Crippen molar-refractivity contribution < 1.29 is 29.2 Å². The first-order valence-electron chi connectivity index (χ1n) is 12.3. The van der Waals surface area contributed by atoms with Gasteiger partial charge in [-0.15, -0.1) is 0 Å². The molecule has 5 unspecified atom stereocenters. The van der Waals surface area contributed by atoms with E-state index in [1.807, 2.05) is 5.01 Å². The van der Waals surface area contributed by atoms with Gasteiger partial charge in [-0.25, -0.2) is 0 Å². The van der Waals surface area contributed by atoms with Crippen molar-refractivity contribution in [3.63, 3.8) is 0 Å². The number of aliphatic hydroxyl groups excluding tert-OH is 3. The van der Waals surface area contributed by atoms with Crippen molar-refractivity contribution in [2.45, 2.75) is 111 Å². The van der Waals surface area contributed by atoms with Gasteiger partial charge in [0.05, 0.1) is 0 Å². The number of hydrogen-bond donors (Lipinski definition) is 6. The van der Waals surface area contributed by atoms with Gasteiger partial charge in [0.15, 0.2) is 0 Å². The standard InChI is InChI=1S/C22H39FN4O5Se/c1-12(29)24-15-6-3-7-16(9-15)33-22-21(31)19(20(30)18(11-28)32-22)27-10-17(25-26-27)13-4-2-5-14(23)8-13/h13-22,25-26,28,30-31H,2-11H2,1H3,(H,24,29)/t13?,14?,15?,16?,17?,18-,19+,20+,21-,22+/m1/s1. The predicted octanol–water partition coefficient (Wildman–Crippen LogP) is -0.413. The molecular weight excluding hydrogens is 498 g/mol. The van der Waals surface area contributed by atoms with Crippen LogP contribution in [0.5, 0.6) is 0 Å². The quantitative estimate of drug-likeness (QED) is 0.253. The van der Waals surface area contributed by atoms with E-state index in [1.54, 1.807) is 0 Å². The van der Waals surface area contributed by atoms with Gasteiger partial charge in [-0.3, -0.25) is 0 Å². The number of halogens is 1. The van der Waals surface area contributed by atoms with Gasteiger partial charge in [-0.05, 0) is 0 Å². The molecule has 0 bridgehead atoms. The van der Waals surface area contributed by atoms with E-state index in [9.17, 15) is 24.5 Å². The molecule has 2 heterocycles. The Morgan fingerprint density at radius 1 is 1.18 bits per heavy atom. The fraction of sp³-hybridized carbons (Fsp3) is 0.955. The van der Waals surface area contributed by atoms with Crippen LogP contribution in [0, 0.1) is 5.92 Å². The van der Waals surface area contributed by atoms with Crippen LogP contribution in [0.2, 0.25) is 4.82 Å². The van der Waals surface area contributed by atoms with Gasteiger partial charge in [-0.2, -0.15) is 0 Å². The second kappa shape index (κ2) is 11.6. The summed E-state index contributed by atoms with van der Waals surface area (Å²) in [4.78, 5) is 11.8. The number of carbonyl (C=O) groups is 1. The summed E-state index contributed by atoms with van der Waals surface area (Å²) in [5.41, 5.74) is 6.35. The van der Waals surface area contributed by atoms with Gasteiger partial charge >= 0.3 is 201 Å². The van der Waals surface area contributed by atoms with Gasteiger partial charge < -0.3 is 0 Å². The minimum absolute atomic E-state index is 0.0233. The maximum absolute atomic E-state index is 13.9. The molecule has 0 aromatic rings. The third-order valence-corrected chi connectivity index (χ3v) is 10.7. The van der Waals surface area contributed by atoms with Crippen molar-refractivity contribution in [2.24, 2.45) is 5.92 Å². The fourth-order valence-electron chi connectivity index (χ4n) is 5.89. The number of rotatable bonds is 6. The average Bonchev–Trinajstić information content (AvgIpc) is 3.25. The van der Waals surface area contributed by atoms with Crippen LogP contribution in [0.15, 0.2) is 0 Å². The molecule has 6 N–H and O–H groups in total. The van der Waals surface area contributed by atoms with Crippen LogP contribution in [-0.4, -0.2) is 102 Å². The Bertz CT molecular complexity index is 666. The van der Waals surface area contributed by atoms with Crippen molar-refractivity contribution >= 4 is 20.9 Å². The van der Waals surface area contributed by atoms with Crippen LogP contribution in [0.25, 0.3) is 0 Å². The molecule has 4 aliphatic rings. The molecule has 0 spiro atoms. The van der Waals surface area contributed by atoms with Gasteiger partial charge in [-0.1, -0.05) is 0 Å². The molecule has 0 aromatic heterocycles. The number of nitrogens with zero attached hydrogens (tertiary/aromatic N) is 1. The summed E-state index contributed by atoms with van der Waals surface area (Å²) in [6.45, 7) is 1.75. The first kappa shape index (κ1) is 25.7. The Morgan fingerprint density at radius 3 is 2.70 bits per heavy atom. The van der Waals surface area contributed by atoms with E-state index in [0.29, 0.717) is 24.2 Å². The summed E-state index contributed by atoms with van der Waals surface area (Å²) < 4.78 is 19.9. The molecule has 4 fully saturated rings. The molecule has 2 aliphatic carbocycles. The SMILES string of the molecule is CC(=O)NC1CCCC([Se][C@@H]2O[C@H](CO)[C@H](O)[C@H](N3CC(C4CCCC(F)C4)NN3)[C@H]2O)C1. The molecule has 2 aliphatic heterocycles. The number of hydrazine groups is 2. The molecule has 0 aromatic carbocycles. The van der Waals surface area contributed by atoms with Crippen molar-refractivity contribution in [3.8, 4) is 0 Å². The number of aliphatic hydroxyl groups is 3. The second-order valence-electron chi connectivity index (χ2n) is 10.1. The molecule has 2 saturated heterocycles. The summed E-state index contributed by atoms with van der Waals surface area (Å²) in [7, 11) is 0. The van der Waals surface area contributed by atoms with Gasteiger partial charge in [0.25, 0.3) is 0 Å². The third kappa shape index (κ3) is 6.26. The fourth-order valence-corrected chi connectivity index (χ4v) is 9.15. The van der Waals surface area contributed by atoms with E-state index < -0.39 is 35.5 Å². The first-order valence-corrected chi connectivity index (χ1v) is 14.3. The van der Waals surface area contributed by atoms with Crippen molar-refractivity contribution in [3.05, 3.63) is 0 Å². The van der Waals surface area contributed by atoms with Gasteiger partial charge in [0, 0.05) is 0 Å². The van der Waals surface area contributed by atoms with Crippen LogP contribution in [0.3, 0.4) is 0 Å². The third-order valence-electron chi connectivity index (χ3n) is 7.58. The zero-order chi connectivity index (χ0) is 23.5. The van der Waals surface area contributed by atoms with Gasteiger partial charge in [0.2, 0.25) is 0 Å². The summed E-state index contributed by atoms with van der Waals surface area (Å²) >= 11 is -0.0836. The second-order valence-corrected chi connectivity index (χ2v) is 13.0. The Kier molecular flexibility index (Phi) is 9.03. The molecule has 10 atom stereocenters. The number of alkyl halides is 1. The summed E-state index contributed by atoms with van der Waals surface area (Å²) in [6.07, 6.45) is 3.38. The molecule has 190 valence electrons. The normalized spacial score (nSPS) is 45.1. The first-order chi connectivity index (χ1) is 15.9. The van der Waals surface area contributed by atoms with Crippen LogP contribution in [0.1, 0.15) is 58.3 Å². The molecule has 0 radical (unpaired) electrons. The van der Waals surface area contributed by atoms with Crippen molar-refractivity contribution in [1.29, 1.82) is 0 Å². The van der Waals surface area contributed by atoms with Crippen LogP contribution >= 0.6 is 0 Å². The number of nitrogens with one attached hydrogen (secondary N) is 3. The van der Waals surface area contributed by atoms with E-state index in [-0.39, 0.29) is 45.5 Å². The zero-order valence-corrected chi connectivity index (χ0v) is 20.9. The average molecular weight is 538 g/mol. The summed E-state index contributed by atoms with van der Waals surface area (Å²) in [5, 5.41) is 36.4. The zero-order valence-electron chi connectivity index (χ0n) is 19.2. The van der Waals surface area contributed by atoms with Crippen molar-refractivity contribution in [1.82, 2.24) is 21.3 Å². The molecule has 4 rings (SSSR count). The molecule has 1 amide bonds. The molecular formula is C22H39FN4O5Se. The van der Waals surface area contributed by atoms with E-state index in [1.165, 1.54) is 6.92 Å². The van der Waals surface area contributed by atoms with E-state index in [0.717, 1.165) is 38.5 Å². The van der Waals surface area contributed by atoms with Crippen molar-refractivity contribution in [2.75, 3.05) is 13.2 Å². The Labute approximate surface area is 201 Å². The number of ether oxygens (including phenoxy) is 1. The number of hydrogen-bond acceptors (Lipinski definition) is 8. The Balaban J connectivity index is 1.39. The Hall–Kier alpha value is -0.361. The maximum atomic E-state index is 13.9. The Morgan fingerprint density at radius 2 is 1.97 bits per heavy atom. The summed E-state index contributed by atoms with van der Waals surface area (Å²) in [6, 6.07) is -0.447.